The van der Waals surface area contributed by atoms with Crippen LogP contribution in [0.25, 0.3) is 0 Å². The van der Waals surface area contributed by atoms with Gasteiger partial charge in [0.2, 0.25) is 0 Å². The van der Waals surface area contributed by atoms with E-state index in [1.807, 2.05) is 13.0 Å². The van der Waals surface area contributed by atoms with Gasteiger partial charge in [0.25, 0.3) is 0 Å². The van der Waals surface area contributed by atoms with Crippen molar-refractivity contribution in [2.45, 2.75) is 57.5 Å². The van der Waals surface area contributed by atoms with Crippen LogP contribution in [0.5, 0.6) is 0 Å². The second kappa shape index (κ2) is 8.90. The molecule has 0 aliphatic carbocycles. The van der Waals surface area contributed by atoms with Crippen molar-refractivity contribution >= 4 is 12.6 Å². The van der Waals surface area contributed by atoms with Crippen molar-refractivity contribution < 1.29 is 14.9 Å². The molecule has 0 aliphatic rings. The number of ether oxygens (including phenoxy) is 1. The predicted molar refractivity (Wildman–Crippen MR) is 69.7 cm³/mol. The zero-order valence-electron chi connectivity index (χ0n) is 10.4. The van der Waals surface area contributed by atoms with E-state index < -0.39 is 12.2 Å². The molecule has 0 fully saturated rings. The number of thiol groups is 1. The molecule has 0 rings (SSSR count). The maximum Gasteiger partial charge on any atom is 0.102 e. The highest BCUT2D eigenvalue weighted by atomic mass is 32.1. The van der Waals surface area contributed by atoms with E-state index >= 15 is 0 Å². The summed E-state index contributed by atoms with van der Waals surface area (Å²) in [5.74, 6) is 0.929. The summed E-state index contributed by atoms with van der Waals surface area (Å²) in [5.41, 5.74) is 0. The number of rotatable bonds is 8. The van der Waals surface area contributed by atoms with Crippen LogP contribution in [-0.2, 0) is 4.74 Å². The summed E-state index contributed by atoms with van der Waals surface area (Å²) in [6.07, 6.45) is 3.43. The minimum Gasteiger partial charge on any atom is -0.497 e. The molecule has 0 heterocycles. The molecule has 0 spiro atoms. The van der Waals surface area contributed by atoms with Crippen molar-refractivity contribution in [3.05, 3.63) is 11.8 Å². The molecule has 0 bridgehead atoms. The fourth-order valence-electron chi connectivity index (χ4n) is 1.26. The lowest BCUT2D eigenvalue weighted by Crippen LogP contribution is -2.35. The van der Waals surface area contributed by atoms with E-state index in [2.05, 4.69) is 19.6 Å². The van der Waals surface area contributed by atoms with Gasteiger partial charge in [0, 0.05) is 6.42 Å². The van der Waals surface area contributed by atoms with Gasteiger partial charge in [-0.2, -0.15) is 12.6 Å². The maximum absolute atomic E-state index is 9.53. The number of hydrogen-bond donors (Lipinski definition) is 3. The molecule has 0 aromatic rings. The highest BCUT2D eigenvalue weighted by Gasteiger charge is 2.20. The first kappa shape index (κ1) is 15.8. The van der Waals surface area contributed by atoms with Crippen molar-refractivity contribution in [1.29, 1.82) is 0 Å². The molecule has 16 heavy (non-hydrogen) atoms. The number of unbranched alkanes of at least 4 members (excludes halogenated alkanes) is 1. The molecule has 2 N–H and O–H groups in total. The van der Waals surface area contributed by atoms with E-state index in [0.717, 1.165) is 25.0 Å². The standard InChI is InChI=1S/C12H24O3S/c1-4-6-7-10(5-2)15-8-11(16)12(14)9(3)13/h5,9,11-14,16H,4,6-8H2,1-3H3/b10-5-/t9-,11-,12-/m0/s1. The number of aliphatic hydroxyl groups is 2. The fourth-order valence-corrected chi connectivity index (χ4v) is 1.59. The smallest absolute Gasteiger partial charge is 0.102 e. The lowest BCUT2D eigenvalue weighted by Gasteiger charge is -2.21. The van der Waals surface area contributed by atoms with Gasteiger partial charge in [0.15, 0.2) is 0 Å². The highest BCUT2D eigenvalue weighted by molar-refractivity contribution is 7.81. The summed E-state index contributed by atoms with van der Waals surface area (Å²) in [4.78, 5) is 0. The summed E-state index contributed by atoms with van der Waals surface area (Å²) in [6, 6.07) is 0. The van der Waals surface area contributed by atoms with Gasteiger partial charge in [-0.1, -0.05) is 13.3 Å². The van der Waals surface area contributed by atoms with Crippen LogP contribution in [0.4, 0.5) is 0 Å². The van der Waals surface area contributed by atoms with Gasteiger partial charge in [0.1, 0.15) is 6.61 Å². The third-order valence-corrected chi connectivity index (χ3v) is 2.88. The third kappa shape index (κ3) is 6.40. The third-order valence-electron chi connectivity index (χ3n) is 2.43. The molecular weight excluding hydrogens is 224 g/mol. The first-order chi connectivity index (χ1) is 7.52. The Morgan fingerprint density at radius 3 is 2.50 bits per heavy atom. The second-order valence-corrected chi connectivity index (χ2v) is 4.63. The Morgan fingerprint density at radius 1 is 1.44 bits per heavy atom. The topological polar surface area (TPSA) is 49.7 Å². The quantitative estimate of drug-likeness (QED) is 0.455. The van der Waals surface area contributed by atoms with E-state index in [9.17, 15) is 10.2 Å². The van der Waals surface area contributed by atoms with Crippen LogP contribution in [0.3, 0.4) is 0 Å². The Labute approximate surface area is 104 Å². The molecule has 3 atom stereocenters. The minimum atomic E-state index is -0.854. The molecule has 3 nitrogen and oxygen atoms in total. The van der Waals surface area contributed by atoms with Crippen molar-refractivity contribution in [3.63, 3.8) is 0 Å². The monoisotopic (exact) mass is 248 g/mol. The molecule has 0 aromatic heterocycles. The van der Waals surface area contributed by atoms with Crippen molar-refractivity contribution in [3.8, 4) is 0 Å². The van der Waals surface area contributed by atoms with Crippen LogP contribution in [0.2, 0.25) is 0 Å². The molecule has 0 unspecified atom stereocenters. The van der Waals surface area contributed by atoms with Gasteiger partial charge >= 0.3 is 0 Å². The minimum absolute atomic E-state index is 0.318. The molecule has 0 amide bonds. The predicted octanol–water partition coefficient (Wildman–Crippen LogP) is 2.14. The molecular formula is C12H24O3S. The van der Waals surface area contributed by atoms with Crippen molar-refractivity contribution in [2.24, 2.45) is 0 Å². The van der Waals surface area contributed by atoms with Crippen molar-refractivity contribution in [2.75, 3.05) is 6.61 Å². The Bertz CT molecular complexity index is 204. The largest absolute Gasteiger partial charge is 0.497 e. The Kier molecular flexibility index (Phi) is 8.80. The average molecular weight is 248 g/mol. The SMILES string of the molecule is C/C=C(/CCCC)OC[C@H](S)[C@@H](O)[C@H](C)O. The molecule has 4 heteroatoms. The normalized spacial score (nSPS) is 18.0. The van der Waals surface area contributed by atoms with E-state index in [-0.39, 0.29) is 5.25 Å². The lowest BCUT2D eigenvalue weighted by molar-refractivity contribution is 0.0171. The zero-order valence-corrected chi connectivity index (χ0v) is 11.3. The van der Waals surface area contributed by atoms with Crippen LogP contribution >= 0.6 is 12.6 Å². The summed E-state index contributed by atoms with van der Waals surface area (Å²) in [6.45, 7) is 5.93. The maximum atomic E-state index is 9.53. The molecule has 0 radical (unpaired) electrons. The van der Waals surface area contributed by atoms with Gasteiger partial charge in [-0.15, -0.1) is 0 Å². The van der Waals surface area contributed by atoms with E-state index in [4.69, 9.17) is 4.74 Å². The van der Waals surface area contributed by atoms with E-state index in [1.54, 1.807) is 6.92 Å². The zero-order chi connectivity index (χ0) is 12.6. The number of hydrogen-bond acceptors (Lipinski definition) is 4. The van der Waals surface area contributed by atoms with Crippen LogP contribution in [0.1, 0.15) is 40.0 Å². The van der Waals surface area contributed by atoms with Gasteiger partial charge in [-0.25, -0.2) is 0 Å². The molecule has 0 saturated heterocycles. The Balaban J connectivity index is 3.93. The Hall–Kier alpha value is -0.190. The molecule has 96 valence electrons. The summed E-state index contributed by atoms with van der Waals surface area (Å²) in [5, 5.41) is 18.4. The lowest BCUT2D eigenvalue weighted by atomic mass is 10.1. The van der Waals surface area contributed by atoms with Gasteiger partial charge in [0.05, 0.1) is 23.2 Å². The molecule has 0 aromatic carbocycles. The van der Waals surface area contributed by atoms with Crippen LogP contribution in [0, 0.1) is 0 Å². The second-order valence-electron chi connectivity index (χ2n) is 3.97. The van der Waals surface area contributed by atoms with E-state index in [1.165, 1.54) is 0 Å². The average Bonchev–Trinajstić information content (AvgIpc) is 2.27. The number of aliphatic hydroxyl groups excluding tert-OH is 2. The first-order valence-electron chi connectivity index (χ1n) is 5.85. The summed E-state index contributed by atoms with van der Waals surface area (Å²) >= 11 is 4.21. The van der Waals surface area contributed by atoms with Gasteiger partial charge in [-0.3, -0.25) is 0 Å². The highest BCUT2D eigenvalue weighted by Crippen LogP contribution is 2.13. The molecule has 0 aliphatic heterocycles. The Morgan fingerprint density at radius 2 is 2.06 bits per heavy atom. The fraction of sp³-hybridized carbons (Fsp3) is 0.833. The molecule has 0 saturated carbocycles. The van der Waals surface area contributed by atoms with Crippen LogP contribution in [0.15, 0.2) is 11.8 Å². The van der Waals surface area contributed by atoms with Crippen LogP contribution < -0.4 is 0 Å². The van der Waals surface area contributed by atoms with Crippen LogP contribution in [-0.4, -0.2) is 34.3 Å². The van der Waals surface area contributed by atoms with Crippen molar-refractivity contribution in [1.82, 2.24) is 0 Å². The van der Waals surface area contributed by atoms with E-state index in [0.29, 0.717) is 6.61 Å². The summed E-state index contributed by atoms with van der Waals surface area (Å²) in [7, 11) is 0. The number of allylic oxidation sites excluding steroid dienone is 2. The first-order valence-corrected chi connectivity index (χ1v) is 6.36. The summed E-state index contributed by atoms with van der Waals surface area (Å²) < 4.78 is 5.54. The van der Waals surface area contributed by atoms with Gasteiger partial charge in [-0.05, 0) is 26.3 Å². The van der Waals surface area contributed by atoms with Gasteiger partial charge < -0.3 is 14.9 Å².